The van der Waals surface area contributed by atoms with Gasteiger partial charge in [-0.05, 0) is 90.6 Å². The molecule has 9 nitrogen and oxygen atoms in total. The third kappa shape index (κ3) is 5.34. The highest BCUT2D eigenvalue weighted by molar-refractivity contribution is 5.91. The van der Waals surface area contributed by atoms with Crippen molar-refractivity contribution in [2.24, 2.45) is 0 Å². The monoisotopic (exact) mass is 617 g/mol. The standard InChI is InChI=1S/C37H35N3O6/c1-3-4-9-26-27-14-12-23-16-21-7-5-10-29(45-19-25(42)18-41)32(21)38-34(23)36(27)40-37-28(26)15-13-24-17-22-8-6-11-30(33(22)39-35(24)37)46-20-31(43)44-2/h5-8,10-11,16-17,41H,3-4,9,12-15,18-20H2,1-2H3. The predicted molar refractivity (Wildman–Crippen MR) is 174 cm³/mol. The Bertz CT molecular complexity index is 1880. The molecule has 2 aliphatic rings. The zero-order valence-corrected chi connectivity index (χ0v) is 26.0. The molecule has 7 rings (SSSR count). The van der Waals surface area contributed by atoms with E-state index >= 15 is 0 Å². The molecule has 1 N–H and O–H groups in total. The topological polar surface area (TPSA) is 121 Å². The summed E-state index contributed by atoms with van der Waals surface area (Å²) in [5.41, 5.74) is 10.9. The summed E-state index contributed by atoms with van der Waals surface area (Å²) in [4.78, 5) is 39.4. The van der Waals surface area contributed by atoms with Crippen LogP contribution in [-0.4, -0.2) is 58.7 Å². The largest absolute Gasteiger partial charge is 0.483 e. The second-order valence-corrected chi connectivity index (χ2v) is 11.8. The van der Waals surface area contributed by atoms with Crippen molar-refractivity contribution in [3.63, 3.8) is 0 Å². The smallest absolute Gasteiger partial charge is 0.343 e. The van der Waals surface area contributed by atoms with Crippen molar-refractivity contribution in [2.45, 2.75) is 51.9 Å². The lowest BCUT2D eigenvalue weighted by atomic mass is 9.80. The normalized spacial score (nSPS) is 13.0. The van der Waals surface area contributed by atoms with Gasteiger partial charge in [-0.15, -0.1) is 0 Å². The van der Waals surface area contributed by atoms with Crippen LogP contribution in [0.4, 0.5) is 0 Å². The van der Waals surface area contributed by atoms with Crippen LogP contribution < -0.4 is 9.47 Å². The lowest BCUT2D eigenvalue weighted by Gasteiger charge is -2.28. The Labute approximate surface area is 266 Å². The van der Waals surface area contributed by atoms with Gasteiger partial charge in [-0.3, -0.25) is 4.79 Å². The minimum absolute atomic E-state index is 0.200. The molecule has 0 amide bonds. The minimum atomic E-state index is -0.569. The van der Waals surface area contributed by atoms with Crippen molar-refractivity contribution in [3.05, 3.63) is 76.3 Å². The number of aryl methyl sites for hydroxylation is 2. The van der Waals surface area contributed by atoms with Gasteiger partial charge in [0.1, 0.15) is 35.7 Å². The van der Waals surface area contributed by atoms with Gasteiger partial charge in [0.05, 0.1) is 29.9 Å². The number of aromatic nitrogens is 3. The number of Topliss-reactive ketones (excluding diaryl/α,β-unsaturated/α-hetero) is 1. The molecule has 0 atom stereocenters. The molecule has 234 valence electrons. The number of esters is 1. The number of carbonyl (C=O) groups is 2. The van der Waals surface area contributed by atoms with Crippen LogP contribution in [0.5, 0.6) is 11.5 Å². The van der Waals surface area contributed by atoms with E-state index in [-0.39, 0.29) is 13.2 Å². The van der Waals surface area contributed by atoms with Crippen molar-refractivity contribution in [1.82, 2.24) is 15.0 Å². The number of aliphatic hydroxyl groups excluding tert-OH is 1. The first-order valence-electron chi connectivity index (χ1n) is 15.8. The number of hydrogen-bond donors (Lipinski definition) is 1. The lowest BCUT2D eigenvalue weighted by molar-refractivity contribution is -0.142. The number of nitrogens with zero attached hydrogens (tertiary/aromatic N) is 3. The summed E-state index contributed by atoms with van der Waals surface area (Å²) in [6.45, 7) is 1.22. The predicted octanol–water partition coefficient (Wildman–Crippen LogP) is 5.54. The van der Waals surface area contributed by atoms with Crippen LogP contribution >= 0.6 is 0 Å². The number of ketones is 1. The van der Waals surface area contributed by atoms with E-state index in [1.165, 1.54) is 23.8 Å². The van der Waals surface area contributed by atoms with Gasteiger partial charge >= 0.3 is 5.97 Å². The number of hydrogen-bond acceptors (Lipinski definition) is 9. The molecule has 3 heterocycles. The van der Waals surface area contributed by atoms with Crippen LogP contribution in [0.3, 0.4) is 0 Å². The summed E-state index contributed by atoms with van der Waals surface area (Å²) in [5.74, 6) is 0.164. The maximum atomic E-state index is 11.8. The van der Waals surface area contributed by atoms with Gasteiger partial charge in [0.25, 0.3) is 0 Å². The molecular formula is C37H35N3O6. The number of carbonyl (C=O) groups excluding carboxylic acids is 2. The van der Waals surface area contributed by atoms with Crippen molar-refractivity contribution in [2.75, 3.05) is 26.9 Å². The number of fused-ring (bicyclic) bond motifs is 8. The molecule has 0 saturated carbocycles. The second kappa shape index (κ2) is 12.5. The maximum absolute atomic E-state index is 11.8. The van der Waals surface area contributed by atoms with Gasteiger partial charge in [-0.1, -0.05) is 37.6 Å². The fourth-order valence-electron chi connectivity index (χ4n) is 6.67. The summed E-state index contributed by atoms with van der Waals surface area (Å²) in [6, 6.07) is 15.7. The van der Waals surface area contributed by atoms with Gasteiger partial charge in [-0.25, -0.2) is 19.7 Å². The van der Waals surface area contributed by atoms with Gasteiger partial charge in [0.2, 0.25) is 0 Å². The number of ether oxygens (including phenoxy) is 3. The van der Waals surface area contributed by atoms with Crippen LogP contribution in [0.2, 0.25) is 0 Å². The lowest BCUT2D eigenvalue weighted by Crippen LogP contribution is -2.18. The van der Waals surface area contributed by atoms with Crippen LogP contribution in [-0.2, 0) is 46.4 Å². The fraction of sp³-hybridized carbons (Fsp3) is 0.324. The van der Waals surface area contributed by atoms with E-state index in [0.29, 0.717) is 22.5 Å². The molecule has 9 heteroatoms. The van der Waals surface area contributed by atoms with E-state index in [9.17, 15) is 14.7 Å². The van der Waals surface area contributed by atoms with Crippen molar-refractivity contribution < 1.29 is 28.9 Å². The SMILES string of the molecule is CCCCc1c2c(nc3c1CCc1cc4cccc(OCC(=O)OC)c4nc1-3)-c1nc3c(OCC(=O)CO)cccc3cc1CC2. The number of benzene rings is 2. The van der Waals surface area contributed by atoms with Crippen LogP contribution in [0, 0.1) is 0 Å². The zero-order valence-electron chi connectivity index (χ0n) is 26.0. The number of pyridine rings is 3. The molecule has 0 radical (unpaired) electrons. The minimum Gasteiger partial charge on any atom is -0.483 e. The summed E-state index contributed by atoms with van der Waals surface area (Å²) < 4.78 is 16.4. The van der Waals surface area contributed by atoms with E-state index in [0.717, 1.165) is 89.6 Å². The summed E-state index contributed by atoms with van der Waals surface area (Å²) in [6.07, 6.45) is 6.62. The van der Waals surface area contributed by atoms with E-state index < -0.39 is 18.4 Å². The summed E-state index contributed by atoms with van der Waals surface area (Å²) in [5, 5.41) is 11.1. The maximum Gasteiger partial charge on any atom is 0.343 e. The zero-order chi connectivity index (χ0) is 31.8. The highest BCUT2D eigenvalue weighted by Gasteiger charge is 2.30. The summed E-state index contributed by atoms with van der Waals surface area (Å²) >= 11 is 0. The van der Waals surface area contributed by atoms with Crippen molar-refractivity contribution in [3.8, 4) is 34.3 Å². The third-order valence-electron chi connectivity index (χ3n) is 8.96. The number of methoxy groups -OCH3 is 1. The second-order valence-electron chi connectivity index (χ2n) is 11.8. The molecular weight excluding hydrogens is 582 g/mol. The highest BCUT2D eigenvalue weighted by Crippen LogP contribution is 2.43. The quantitative estimate of drug-likeness (QED) is 0.201. The molecule has 3 aromatic heterocycles. The van der Waals surface area contributed by atoms with Crippen LogP contribution in [0.15, 0.2) is 48.5 Å². The van der Waals surface area contributed by atoms with Gasteiger partial charge in [0.15, 0.2) is 12.4 Å². The van der Waals surface area contributed by atoms with Gasteiger partial charge in [0, 0.05) is 10.8 Å². The summed E-state index contributed by atoms with van der Waals surface area (Å²) in [7, 11) is 1.34. The molecule has 46 heavy (non-hydrogen) atoms. The van der Waals surface area contributed by atoms with Gasteiger partial charge in [-0.2, -0.15) is 0 Å². The molecule has 0 bridgehead atoms. The van der Waals surface area contributed by atoms with Crippen LogP contribution in [0.25, 0.3) is 44.6 Å². The highest BCUT2D eigenvalue weighted by atomic mass is 16.6. The van der Waals surface area contributed by atoms with E-state index in [2.05, 4.69) is 19.1 Å². The Balaban J connectivity index is 1.40. The molecule has 0 spiro atoms. The molecule has 0 unspecified atom stereocenters. The molecule has 0 aliphatic heterocycles. The molecule has 2 aliphatic carbocycles. The Kier molecular flexibility index (Phi) is 8.09. The van der Waals surface area contributed by atoms with Gasteiger partial charge < -0.3 is 19.3 Å². The van der Waals surface area contributed by atoms with E-state index in [1.807, 2.05) is 30.3 Å². The molecule has 0 fully saturated rings. The van der Waals surface area contributed by atoms with Crippen LogP contribution in [0.1, 0.15) is 47.6 Å². The Hall–Kier alpha value is -4.89. The number of rotatable bonds is 10. The number of unbranched alkanes of at least 4 members (excludes halogenated alkanes) is 1. The first-order chi connectivity index (χ1) is 22.5. The molecule has 5 aromatic rings. The average molecular weight is 618 g/mol. The van der Waals surface area contributed by atoms with E-state index in [1.54, 1.807) is 6.07 Å². The number of aliphatic hydroxyl groups is 1. The average Bonchev–Trinajstić information content (AvgIpc) is 3.09. The third-order valence-corrected chi connectivity index (χ3v) is 8.96. The first kappa shape index (κ1) is 29.8. The van der Waals surface area contributed by atoms with Crippen molar-refractivity contribution in [1.29, 1.82) is 0 Å². The first-order valence-corrected chi connectivity index (χ1v) is 15.8. The number of para-hydroxylation sites is 2. The Morgan fingerprint density at radius 2 is 1.33 bits per heavy atom. The van der Waals surface area contributed by atoms with Crippen molar-refractivity contribution >= 4 is 33.6 Å². The Morgan fingerprint density at radius 1 is 0.761 bits per heavy atom. The molecule has 2 aromatic carbocycles. The van der Waals surface area contributed by atoms with E-state index in [4.69, 9.17) is 29.2 Å². The Morgan fingerprint density at radius 3 is 1.85 bits per heavy atom. The fourth-order valence-corrected chi connectivity index (χ4v) is 6.67. The molecule has 0 saturated heterocycles.